The van der Waals surface area contributed by atoms with Crippen molar-refractivity contribution in [1.29, 1.82) is 0 Å². The van der Waals surface area contributed by atoms with Crippen LogP contribution in [0.2, 0.25) is 0 Å². The number of carbonyl (C=O) groups is 2. The van der Waals surface area contributed by atoms with Gasteiger partial charge in [-0.1, -0.05) is 0 Å². The van der Waals surface area contributed by atoms with E-state index in [1.165, 1.54) is 30.0 Å². The van der Waals surface area contributed by atoms with Crippen molar-refractivity contribution in [2.75, 3.05) is 23.9 Å². The molecule has 220 valence electrons. The van der Waals surface area contributed by atoms with Crippen LogP contribution in [-0.4, -0.2) is 62.1 Å². The molecule has 4 N–H and O–H groups in total. The molecule has 1 aliphatic carbocycles. The number of hydrogen-bond acceptors (Lipinski definition) is 7. The monoisotopic (exact) mass is 601 g/mol. The van der Waals surface area contributed by atoms with E-state index >= 15 is 0 Å². The fraction of sp³-hybridized carbons (Fsp3) is 0.481. The van der Waals surface area contributed by atoms with Crippen LogP contribution in [0, 0.1) is 5.92 Å². The number of nitrogens with one attached hydrogen (secondary N) is 3. The van der Waals surface area contributed by atoms with Crippen molar-refractivity contribution in [3.63, 3.8) is 0 Å². The Morgan fingerprint density at radius 1 is 1.10 bits per heavy atom. The van der Waals surface area contributed by atoms with Crippen molar-refractivity contribution in [3.05, 3.63) is 53.6 Å². The first-order chi connectivity index (χ1) is 18.7. The van der Waals surface area contributed by atoms with E-state index in [0.29, 0.717) is 12.8 Å². The standard InChI is InChI=1S/C27H34F3N3O5S2/c1-16(2)32-23-11-5-18(27(28,29)30)12-22(23)26(36)31-14-25(35)33-24-13-19(34)6-4-17(24)15-40(37,38)21-9-7-20(39-3)8-10-21/h5,7-12,16-17,19,24,32,34H,4,6,13-15H2,1-3H3,(H,31,36)(H,33,35)/t17-,19-,24-/m0/s1. The normalized spacial score (nSPS) is 19.8. The SMILES string of the molecule is CSc1ccc(S(=O)(=O)C[C@@H]2CC[C@H](O)C[C@@H]2NC(=O)CNC(=O)c2cc(C(F)(F)F)ccc2NC(C)C)cc1. The smallest absolute Gasteiger partial charge is 0.393 e. The molecule has 0 radical (unpaired) electrons. The number of alkyl halides is 3. The van der Waals surface area contributed by atoms with Crippen molar-refractivity contribution in [2.24, 2.45) is 5.92 Å². The molecule has 0 aliphatic heterocycles. The lowest BCUT2D eigenvalue weighted by molar-refractivity contribution is -0.137. The first kappa shape index (κ1) is 31.8. The first-order valence-electron chi connectivity index (χ1n) is 12.8. The minimum absolute atomic E-state index is 0.140. The second-order valence-electron chi connectivity index (χ2n) is 10.1. The summed E-state index contributed by atoms with van der Waals surface area (Å²) in [5.41, 5.74) is -1.08. The second-order valence-corrected chi connectivity index (χ2v) is 13.0. The minimum Gasteiger partial charge on any atom is -0.393 e. The Morgan fingerprint density at radius 3 is 2.38 bits per heavy atom. The van der Waals surface area contributed by atoms with Gasteiger partial charge in [-0.3, -0.25) is 9.59 Å². The number of anilines is 1. The van der Waals surface area contributed by atoms with E-state index in [-0.39, 0.29) is 34.4 Å². The molecule has 0 heterocycles. The van der Waals surface area contributed by atoms with E-state index in [2.05, 4.69) is 16.0 Å². The van der Waals surface area contributed by atoms with Gasteiger partial charge in [0.25, 0.3) is 5.91 Å². The van der Waals surface area contributed by atoms with Gasteiger partial charge in [-0.15, -0.1) is 11.8 Å². The van der Waals surface area contributed by atoms with Gasteiger partial charge in [0.1, 0.15) is 0 Å². The van der Waals surface area contributed by atoms with Crippen LogP contribution in [0.5, 0.6) is 0 Å². The molecule has 40 heavy (non-hydrogen) atoms. The van der Waals surface area contributed by atoms with Gasteiger partial charge in [0.15, 0.2) is 9.84 Å². The molecule has 13 heteroatoms. The number of benzene rings is 2. The van der Waals surface area contributed by atoms with Crippen LogP contribution in [0.25, 0.3) is 0 Å². The summed E-state index contributed by atoms with van der Waals surface area (Å²) >= 11 is 1.49. The highest BCUT2D eigenvalue weighted by Crippen LogP contribution is 2.32. The lowest BCUT2D eigenvalue weighted by Gasteiger charge is -2.34. The number of hydrogen-bond donors (Lipinski definition) is 4. The highest BCUT2D eigenvalue weighted by molar-refractivity contribution is 7.98. The summed E-state index contributed by atoms with van der Waals surface area (Å²) in [5, 5.41) is 18.2. The van der Waals surface area contributed by atoms with E-state index in [1.54, 1.807) is 26.0 Å². The number of rotatable bonds is 10. The number of aliphatic hydroxyl groups is 1. The fourth-order valence-electron chi connectivity index (χ4n) is 4.61. The van der Waals surface area contributed by atoms with Crippen molar-refractivity contribution >= 4 is 39.1 Å². The lowest BCUT2D eigenvalue weighted by Crippen LogP contribution is -2.50. The zero-order chi connectivity index (χ0) is 29.7. The zero-order valence-electron chi connectivity index (χ0n) is 22.4. The summed E-state index contributed by atoms with van der Waals surface area (Å²) in [6.45, 7) is 2.99. The number of amides is 2. The van der Waals surface area contributed by atoms with Crippen LogP contribution in [-0.2, 0) is 20.8 Å². The molecule has 2 amide bonds. The molecular weight excluding hydrogens is 567 g/mol. The summed E-state index contributed by atoms with van der Waals surface area (Å²) in [5.74, 6) is -2.23. The maximum atomic E-state index is 13.2. The van der Waals surface area contributed by atoms with E-state index < -0.39 is 58.0 Å². The maximum absolute atomic E-state index is 13.2. The summed E-state index contributed by atoms with van der Waals surface area (Å²) in [6, 6.07) is 8.45. The van der Waals surface area contributed by atoms with Crippen LogP contribution in [0.4, 0.5) is 18.9 Å². The Kier molecular flexibility index (Phi) is 10.5. The number of sulfone groups is 1. The number of carbonyl (C=O) groups excluding carboxylic acids is 2. The summed E-state index contributed by atoms with van der Waals surface area (Å²) < 4.78 is 65.9. The highest BCUT2D eigenvalue weighted by atomic mass is 32.2. The molecule has 0 unspecified atom stereocenters. The lowest BCUT2D eigenvalue weighted by atomic mass is 9.84. The van der Waals surface area contributed by atoms with Crippen molar-refractivity contribution in [1.82, 2.24) is 10.6 Å². The molecule has 1 aliphatic rings. The second kappa shape index (κ2) is 13.3. The van der Waals surface area contributed by atoms with Crippen LogP contribution < -0.4 is 16.0 Å². The summed E-state index contributed by atoms with van der Waals surface area (Å²) in [4.78, 5) is 26.6. The molecule has 8 nitrogen and oxygen atoms in total. The predicted octanol–water partition coefficient (Wildman–Crippen LogP) is 4.10. The Morgan fingerprint density at radius 2 is 1.77 bits per heavy atom. The Hall–Kier alpha value is -2.77. The van der Waals surface area contributed by atoms with Crippen LogP contribution >= 0.6 is 11.8 Å². The summed E-state index contributed by atoms with van der Waals surface area (Å²) in [6.07, 6.45) is -2.61. The van der Waals surface area contributed by atoms with Gasteiger partial charge in [0, 0.05) is 22.7 Å². The van der Waals surface area contributed by atoms with Crippen LogP contribution in [0.15, 0.2) is 52.3 Å². The third-order valence-electron chi connectivity index (χ3n) is 6.61. The molecule has 3 rings (SSSR count). The quantitative estimate of drug-likeness (QED) is 0.303. The molecule has 3 atom stereocenters. The van der Waals surface area contributed by atoms with Gasteiger partial charge in [-0.2, -0.15) is 13.2 Å². The van der Waals surface area contributed by atoms with Gasteiger partial charge in [-0.25, -0.2) is 8.42 Å². The summed E-state index contributed by atoms with van der Waals surface area (Å²) in [7, 11) is -3.67. The van der Waals surface area contributed by atoms with Gasteiger partial charge < -0.3 is 21.1 Å². The predicted molar refractivity (Wildman–Crippen MR) is 148 cm³/mol. The molecular formula is C27H34F3N3O5S2. The average molecular weight is 602 g/mol. The molecule has 0 saturated heterocycles. The molecule has 0 aromatic heterocycles. The minimum atomic E-state index is -4.66. The van der Waals surface area contributed by atoms with Crippen molar-refractivity contribution in [3.8, 4) is 0 Å². The molecule has 0 spiro atoms. The number of thioether (sulfide) groups is 1. The van der Waals surface area contributed by atoms with E-state index in [1.807, 2.05) is 6.26 Å². The van der Waals surface area contributed by atoms with E-state index in [9.17, 15) is 36.3 Å². The average Bonchev–Trinajstić information content (AvgIpc) is 2.88. The third-order valence-corrected chi connectivity index (χ3v) is 9.21. The molecule has 1 fully saturated rings. The Bertz CT molecular complexity index is 1300. The molecule has 1 saturated carbocycles. The molecule has 2 aromatic carbocycles. The van der Waals surface area contributed by atoms with Gasteiger partial charge in [0.05, 0.1) is 34.4 Å². The Labute approximate surface area is 236 Å². The van der Waals surface area contributed by atoms with Gasteiger partial charge in [0.2, 0.25) is 5.91 Å². The van der Waals surface area contributed by atoms with Gasteiger partial charge in [-0.05, 0) is 87.7 Å². The highest BCUT2D eigenvalue weighted by Gasteiger charge is 2.35. The Balaban J connectivity index is 1.68. The third kappa shape index (κ3) is 8.61. The van der Waals surface area contributed by atoms with Crippen molar-refractivity contribution < 1.29 is 36.3 Å². The maximum Gasteiger partial charge on any atom is 0.416 e. The van der Waals surface area contributed by atoms with Crippen LogP contribution in [0.3, 0.4) is 0 Å². The largest absolute Gasteiger partial charge is 0.416 e. The topological polar surface area (TPSA) is 125 Å². The van der Waals surface area contributed by atoms with Crippen molar-refractivity contribution in [2.45, 2.75) is 67.3 Å². The molecule has 2 aromatic rings. The number of aliphatic hydroxyl groups excluding tert-OH is 1. The number of halogens is 3. The fourth-order valence-corrected chi connectivity index (χ4v) is 6.72. The molecule has 0 bridgehead atoms. The van der Waals surface area contributed by atoms with Gasteiger partial charge >= 0.3 is 6.18 Å². The van der Waals surface area contributed by atoms with Crippen LogP contribution in [0.1, 0.15) is 49.0 Å². The van der Waals surface area contributed by atoms with E-state index in [4.69, 9.17) is 0 Å². The zero-order valence-corrected chi connectivity index (χ0v) is 24.0. The van der Waals surface area contributed by atoms with E-state index in [0.717, 1.165) is 17.0 Å². The first-order valence-corrected chi connectivity index (χ1v) is 15.7.